The van der Waals surface area contributed by atoms with Crippen molar-refractivity contribution in [2.45, 2.75) is 663 Å². The van der Waals surface area contributed by atoms with E-state index in [1.54, 1.807) is 0 Å². The van der Waals surface area contributed by atoms with Crippen LogP contribution in [0.5, 0.6) is 0 Å². The predicted octanol–water partition coefficient (Wildman–Crippen LogP) is 43.6. The lowest BCUT2D eigenvalue weighted by atomic mass is 10.00. The molecule has 0 aliphatic rings. The summed E-state index contributed by atoms with van der Waals surface area (Å²) in [6, 6.07) is 0. The Kier molecular flexibility index (Phi) is 164. The van der Waals surface area contributed by atoms with Gasteiger partial charge in [0.15, 0.2) is 0 Å². The van der Waals surface area contributed by atoms with E-state index < -0.39 is 0 Å². The third kappa shape index (κ3) is 198. The molecule has 0 bridgehead atoms. The van der Waals surface area contributed by atoms with Crippen molar-refractivity contribution in [2.75, 3.05) is 0 Å². The van der Waals surface area contributed by atoms with Crippen molar-refractivity contribution in [3.8, 4) is 0 Å². The zero-order valence-electron chi connectivity index (χ0n) is 92.8. The minimum absolute atomic E-state index is 0. The Labute approximate surface area is 859 Å². The quantitative estimate of drug-likeness (QED) is 0.0541. The lowest BCUT2D eigenvalue weighted by Crippen LogP contribution is -2.05. The Hall–Kier alpha value is -2.97. The Morgan fingerprint density at radius 1 is 0.104 bits per heavy atom. The fraction of sp³-hybridized carbons (Fsp3) is 0.929. The van der Waals surface area contributed by atoms with E-state index in [9.17, 15) is 43.2 Å². The summed E-state index contributed by atoms with van der Waals surface area (Å²) in [5.41, 5.74) is 0. The third-order valence-corrected chi connectivity index (χ3v) is 21.3. The Morgan fingerprint density at radius 3 is 0.348 bits per heavy atom. The summed E-state index contributed by atoms with van der Waals surface area (Å²) in [4.78, 5) is 102. The number of unbranched alkanes of at least 4 members (excludes halogenated alkanes) is 21. The molecule has 0 atom stereocenters. The topological polar surface area (TPSA) is 154 Å². The second-order valence-corrected chi connectivity index (χ2v) is 46.2. The Bertz CT molecular complexity index is 2340. The van der Waals surface area contributed by atoms with E-state index in [-0.39, 0.29) is 66.8 Å². The molecule has 0 aromatic carbocycles. The molecular formula is C126H270O9. The molecule has 0 aromatic rings. The number of Topliss-reactive ketones (excluding diaryl/α,β-unsaturated/α-hetero) is 9. The van der Waals surface area contributed by atoms with Gasteiger partial charge in [-0.2, -0.15) is 0 Å². The first-order valence-electron chi connectivity index (χ1n) is 54.3. The molecule has 0 saturated heterocycles. The number of hydrogen-bond donors (Lipinski definition) is 0. The normalized spacial score (nSPS) is 10.5. The number of ketones is 9. The fourth-order valence-corrected chi connectivity index (χ4v) is 14.5. The van der Waals surface area contributed by atoms with Crippen LogP contribution in [0, 0.1) is 107 Å². The first kappa shape index (κ1) is 174. The van der Waals surface area contributed by atoms with Crippen molar-refractivity contribution in [1.29, 1.82) is 0 Å². The highest BCUT2D eigenvalue weighted by Crippen LogP contribution is 2.21. The van der Waals surface area contributed by atoms with Gasteiger partial charge in [0.05, 0.1) is 0 Å². The van der Waals surface area contributed by atoms with Gasteiger partial charge in [0.2, 0.25) is 0 Å². The maximum Gasteiger partial charge on any atom is 0.133 e. The van der Waals surface area contributed by atoms with Gasteiger partial charge >= 0.3 is 0 Å². The van der Waals surface area contributed by atoms with Gasteiger partial charge < -0.3 is 0 Å². The molecule has 135 heavy (non-hydrogen) atoms. The molecule has 0 aliphatic carbocycles. The maximum absolute atomic E-state index is 11.5. The molecule has 0 rings (SSSR count). The molecular weight excluding hydrogens is 1660 g/mol. The van der Waals surface area contributed by atoms with Gasteiger partial charge in [0.25, 0.3) is 0 Å². The third-order valence-electron chi connectivity index (χ3n) is 21.3. The molecule has 9 heteroatoms. The monoisotopic (exact) mass is 1930 g/mol. The number of rotatable bonds is 72. The largest absolute Gasteiger partial charge is 0.300 e. The summed E-state index contributed by atoms with van der Waals surface area (Å²) in [5.74, 6) is 15.6. The molecule has 0 unspecified atom stereocenters. The zero-order valence-corrected chi connectivity index (χ0v) is 92.8. The van der Waals surface area contributed by atoms with Crippen LogP contribution in [0.15, 0.2) is 0 Å². The van der Waals surface area contributed by atoms with Crippen LogP contribution in [0.4, 0.5) is 0 Å². The van der Waals surface area contributed by atoms with Gasteiger partial charge in [-0.25, -0.2) is 0 Å². The molecule has 828 valence electrons. The molecule has 0 heterocycles. The molecule has 0 radical (unpaired) electrons. The van der Waals surface area contributed by atoms with Crippen molar-refractivity contribution in [1.82, 2.24) is 0 Å². The van der Waals surface area contributed by atoms with Gasteiger partial charge in [-0.3, -0.25) is 43.2 Å². The van der Waals surface area contributed by atoms with Gasteiger partial charge in [0.1, 0.15) is 52.0 Å². The standard InChI is InChI=1S/C17H34O.C16H32O.C15H30O.C14H28O.C13H26O.C12H24O.C11H22O.C10H20O.C9H18O.9CH4/c1-15(2)12-10-8-6-5-7-9-11-13-17(18)14-16(3)4;1-14(2)11-9-7-5-6-8-10-12-16(17)13-15(3)4;1-13(2)10-8-6-5-7-9-11-15(16)12-14(3)4;1-12(2)9-7-5-6-8-10-14(15)11-13(3)4;1-11(2)8-6-5-7-9-13(14)10-12(3)4;1-10(2)7-5-6-8-12(13)9-11(3)4;1-9(2)6-5-7-11(12)8-10(3)4;1-8(2)5-6-10(11)7-9(3)4;1-7(2)5-9(10)6-8(3)4;;;;;;;;;/h15-16H,5-14H2,1-4H3;14-15H,5-13H2,1-4H3;13-14H,5-12H2,1-4H3;12-13H,5-11H2,1-4H3;11-12H,5-10H2,1-4H3;10-11H,5-9H2,1-4H3;9-10H,5-8H2,1-4H3;8-9H,5-7H2,1-4H3;7-8H,5-6H2,1-4H3;9*1H4. The SMILES string of the molecule is C.C.C.C.C.C.C.C.C.CC(C)CC(=O)CC(C)C.CC(C)CCC(=O)CC(C)C.CC(C)CCCC(=O)CC(C)C.CC(C)CCCCC(=O)CC(C)C.CC(C)CCCCCC(=O)CC(C)C.CC(C)CCCCCCC(=O)CC(C)C.CC(C)CCCCCCCC(=O)CC(C)C.CC(C)CCCCCCCCC(=O)CC(C)C.CC(C)CCCCCCCCCC(=O)CC(C)C. The maximum atomic E-state index is 11.5. The Balaban J connectivity index is -0.0000000710. The molecule has 0 aliphatic heterocycles. The van der Waals surface area contributed by atoms with E-state index in [0.717, 1.165) is 208 Å². The summed E-state index contributed by atoms with van der Waals surface area (Å²) in [6.45, 7) is 78.0. The molecule has 0 aromatic heterocycles. The molecule has 0 saturated carbocycles. The van der Waals surface area contributed by atoms with Crippen molar-refractivity contribution < 1.29 is 43.2 Å². The lowest BCUT2D eigenvalue weighted by molar-refractivity contribution is -0.121. The second-order valence-electron chi connectivity index (χ2n) is 46.2. The van der Waals surface area contributed by atoms with Crippen molar-refractivity contribution in [2.24, 2.45) is 107 Å². The minimum Gasteiger partial charge on any atom is -0.300 e. The fourth-order valence-electron chi connectivity index (χ4n) is 14.5. The van der Waals surface area contributed by atoms with Crippen LogP contribution in [0.2, 0.25) is 0 Å². The predicted molar refractivity (Wildman–Crippen MR) is 622 cm³/mol. The number of carbonyl (C=O) groups is 9. The highest BCUT2D eigenvalue weighted by Gasteiger charge is 2.13. The van der Waals surface area contributed by atoms with Gasteiger partial charge in [0, 0.05) is 116 Å². The number of carbonyl (C=O) groups excluding carboxylic acids is 9. The molecule has 0 amide bonds. The average molecular weight is 1930 g/mol. The van der Waals surface area contributed by atoms with Crippen molar-refractivity contribution in [3.05, 3.63) is 0 Å². The zero-order chi connectivity index (χ0) is 98.8. The minimum atomic E-state index is 0. The summed E-state index contributed by atoms with van der Waals surface area (Å²) >= 11 is 0. The van der Waals surface area contributed by atoms with Crippen LogP contribution in [-0.4, -0.2) is 52.0 Å². The van der Waals surface area contributed by atoms with Gasteiger partial charge in [-0.05, 0) is 158 Å². The van der Waals surface area contributed by atoms with Crippen LogP contribution < -0.4 is 0 Å². The summed E-state index contributed by atoms with van der Waals surface area (Å²) in [7, 11) is 0. The van der Waals surface area contributed by atoms with Gasteiger partial charge in [-0.15, -0.1) is 0 Å². The van der Waals surface area contributed by atoms with Crippen molar-refractivity contribution in [3.63, 3.8) is 0 Å². The molecule has 0 fully saturated rings. The highest BCUT2D eigenvalue weighted by atomic mass is 16.2. The smallest absolute Gasteiger partial charge is 0.133 e. The van der Waals surface area contributed by atoms with E-state index in [1.165, 1.54) is 180 Å². The van der Waals surface area contributed by atoms with Crippen LogP contribution in [0.3, 0.4) is 0 Å². The molecule has 0 N–H and O–H groups in total. The van der Waals surface area contributed by atoms with Crippen LogP contribution in [-0.2, 0) is 43.2 Å². The van der Waals surface area contributed by atoms with E-state index in [4.69, 9.17) is 0 Å². The Morgan fingerprint density at radius 2 is 0.200 bits per heavy atom. The van der Waals surface area contributed by atoms with Crippen LogP contribution in [0.1, 0.15) is 663 Å². The van der Waals surface area contributed by atoms with E-state index in [0.29, 0.717) is 117 Å². The van der Waals surface area contributed by atoms with Crippen LogP contribution >= 0.6 is 0 Å². The van der Waals surface area contributed by atoms with Crippen molar-refractivity contribution >= 4 is 52.0 Å². The summed E-state index contributed by atoms with van der Waals surface area (Å²) in [5, 5.41) is 0. The average Bonchev–Trinajstić information content (AvgIpc) is 1.21. The van der Waals surface area contributed by atoms with E-state index in [1.807, 2.05) is 0 Å². The second kappa shape index (κ2) is 127. The number of hydrogen-bond acceptors (Lipinski definition) is 9. The summed E-state index contributed by atoms with van der Waals surface area (Å²) in [6.07, 6.45) is 59.5. The first-order chi connectivity index (χ1) is 58.7. The highest BCUT2D eigenvalue weighted by molar-refractivity contribution is 5.81. The molecule has 9 nitrogen and oxygen atoms in total. The molecule has 0 spiro atoms. The van der Waals surface area contributed by atoms with E-state index in [2.05, 4.69) is 249 Å². The van der Waals surface area contributed by atoms with E-state index >= 15 is 0 Å². The summed E-state index contributed by atoms with van der Waals surface area (Å²) < 4.78 is 0. The van der Waals surface area contributed by atoms with Gasteiger partial charge in [-0.1, -0.05) is 496 Å². The lowest BCUT2D eigenvalue weighted by Gasteiger charge is -2.05. The first-order valence-corrected chi connectivity index (χ1v) is 54.3. The van der Waals surface area contributed by atoms with Crippen LogP contribution in [0.25, 0.3) is 0 Å².